The number of azide groups is 1. The number of alkyl carbamates (subject to hydrolysis) is 3. The number of fused-ring (bicyclic) bond motifs is 3. The summed E-state index contributed by atoms with van der Waals surface area (Å²) in [6.07, 6.45) is -23.0. The molecule has 444 valence electrons. The van der Waals surface area contributed by atoms with Crippen LogP contribution in [0.4, 0.5) is 14.4 Å². The average molecular weight is 1150 g/mol. The molecule has 0 saturated carbocycles. The zero-order valence-electron chi connectivity index (χ0n) is 44.9. The molecule has 0 aromatic rings. The molecular weight excluding hydrogens is 1080 g/mol. The first-order valence-corrected chi connectivity index (χ1v) is 24.8. The van der Waals surface area contributed by atoms with Gasteiger partial charge in [-0.3, -0.25) is 24.0 Å². The molecule has 4 unspecified atom stereocenters. The molecule has 6 rings (SSSR count). The molecule has 0 aromatic heterocycles. The van der Waals surface area contributed by atoms with Gasteiger partial charge in [0, 0.05) is 39.5 Å². The van der Waals surface area contributed by atoms with Crippen molar-refractivity contribution >= 4 is 66.0 Å². The number of nitrogens with one attached hydrogen (secondary N) is 3. The number of amides is 3. The van der Waals surface area contributed by atoms with Crippen molar-refractivity contribution < 1.29 is 133 Å². The van der Waals surface area contributed by atoms with Crippen LogP contribution in [0.25, 0.3) is 10.4 Å². The third-order valence-corrected chi connectivity index (χ3v) is 13.6. The first kappa shape index (κ1) is 61.8. The van der Waals surface area contributed by atoms with Crippen molar-refractivity contribution in [3.05, 3.63) is 10.4 Å². The van der Waals surface area contributed by atoms with Gasteiger partial charge in [-0.25, -0.2) is 28.8 Å². The summed E-state index contributed by atoms with van der Waals surface area (Å²) in [4.78, 5) is 148. The van der Waals surface area contributed by atoms with Crippen LogP contribution in [0, 0.1) is 5.92 Å². The summed E-state index contributed by atoms with van der Waals surface area (Å²) >= 11 is 0. The zero-order chi connectivity index (χ0) is 59.0. The fraction of sp³-hybridized carbons (Fsp3) is 0.761. The molecule has 6 aliphatic rings. The Labute approximate surface area is 454 Å². The number of esters is 8. The summed E-state index contributed by atoms with van der Waals surface area (Å²) in [5, 5.41) is 10.8. The number of carbonyl (C=O) groups excluding carboxylic acids is 11. The summed E-state index contributed by atoms with van der Waals surface area (Å²) in [6.45, 7) is 5.36. The number of hydrogen-bond donors (Lipinski definition) is 3. The maximum Gasteiger partial charge on any atom is 0.407 e. The van der Waals surface area contributed by atoms with E-state index in [4.69, 9.17) is 86.1 Å². The summed E-state index contributed by atoms with van der Waals surface area (Å²) in [5.74, 6) is -17.5. The van der Waals surface area contributed by atoms with Crippen molar-refractivity contribution in [2.24, 2.45) is 11.0 Å². The van der Waals surface area contributed by atoms with Crippen LogP contribution in [-0.2, 0) is 119 Å². The molecule has 18 atom stereocenters. The maximum absolute atomic E-state index is 14.3. The van der Waals surface area contributed by atoms with Crippen LogP contribution >= 0.6 is 0 Å². The van der Waals surface area contributed by atoms with Crippen molar-refractivity contribution in [2.45, 2.75) is 177 Å². The Balaban J connectivity index is 1.41. The highest BCUT2D eigenvalue weighted by Crippen LogP contribution is 2.43. The lowest BCUT2D eigenvalue weighted by Gasteiger charge is -2.48. The topological polar surface area (TPSA) is 430 Å². The molecule has 0 bridgehead atoms. The molecule has 6 fully saturated rings. The fourth-order valence-corrected chi connectivity index (χ4v) is 10.2. The van der Waals surface area contributed by atoms with E-state index < -0.39 is 214 Å². The predicted octanol–water partition coefficient (Wildman–Crippen LogP) is -0.586. The summed E-state index contributed by atoms with van der Waals surface area (Å²) in [5.41, 5.74) is 8.97. The van der Waals surface area contributed by atoms with Gasteiger partial charge in [-0.2, -0.15) is 0 Å². The van der Waals surface area contributed by atoms with E-state index in [-0.39, 0.29) is 0 Å². The zero-order valence-corrected chi connectivity index (χ0v) is 44.9. The van der Waals surface area contributed by atoms with Gasteiger partial charge in [0.25, 0.3) is 17.4 Å². The van der Waals surface area contributed by atoms with E-state index in [0.717, 1.165) is 55.9 Å². The van der Waals surface area contributed by atoms with Gasteiger partial charge in [-0.15, -0.1) is 0 Å². The van der Waals surface area contributed by atoms with Gasteiger partial charge in [0.2, 0.25) is 0 Å². The van der Waals surface area contributed by atoms with Crippen LogP contribution in [0.1, 0.15) is 74.1 Å². The first-order valence-electron chi connectivity index (χ1n) is 24.8. The molecule has 3 amide bonds. The molecule has 34 nitrogen and oxygen atoms in total. The lowest BCUT2D eigenvalue weighted by molar-refractivity contribution is -0.327. The van der Waals surface area contributed by atoms with Crippen LogP contribution in [0.15, 0.2) is 5.11 Å². The number of ether oxygens (including phenoxy) is 17. The molecule has 6 heterocycles. The number of rotatable bonds is 24. The standard InChI is InChI=1S/C46H62N6O28/c1-11-18(2)32(72-21(5)55)35-29-24(75-41(61)49-29)12-44(78-35,38(58)64-8)67-15-27(70-19(3)53)33(73-22(6)56)36-30-25(76-42(62)50-30)13-45(79-36,39(59)65-9)68-16-28(71-20(4)54)34(74-23(7)57)37-31-26(77-43(63)51-31)14-46(80-37,40(60)66-10)69-17-48-52-47/h18,24-37H,11-17H2,1-10H3,(H,49,61)(H,50,62)(H,51,63)/t18-,24?,25-,26-,27-,28-,29-,30-,31-,32-,33-,34-,35-,36-,37-,44?,45?,46?/m1/s1. The van der Waals surface area contributed by atoms with Gasteiger partial charge in [-0.05, 0) is 17.9 Å². The second-order valence-corrected chi connectivity index (χ2v) is 19.0. The molecule has 6 saturated heterocycles. The van der Waals surface area contributed by atoms with E-state index in [1.807, 2.05) is 0 Å². The number of methoxy groups -OCH3 is 3. The van der Waals surface area contributed by atoms with Crippen LogP contribution in [-0.4, -0.2) is 210 Å². The number of nitrogens with zero attached hydrogens (tertiary/aromatic N) is 3. The van der Waals surface area contributed by atoms with E-state index in [9.17, 15) is 52.7 Å². The van der Waals surface area contributed by atoms with Gasteiger partial charge in [0.1, 0.15) is 49.5 Å². The van der Waals surface area contributed by atoms with Crippen LogP contribution < -0.4 is 16.0 Å². The van der Waals surface area contributed by atoms with E-state index in [2.05, 4.69) is 26.0 Å². The van der Waals surface area contributed by atoms with Crippen molar-refractivity contribution in [1.29, 1.82) is 0 Å². The van der Waals surface area contributed by atoms with Crippen molar-refractivity contribution in [2.75, 3.05) is 41.3 Å². The smallest absolute Gasteiger partial charge is 0.407 e. The third kappa shape index (κ3) is 13.6. The fourth-order valence-electron chi connectivity index (χ4n) is 10.2. The highest BCUT2D eigenvalue weighted by Gasteiger charge is 2.65. The summed E-state index contributed by atoms with van der Waals surface area (Å²) < 4.78 is 97.2. The Morgan fingerprint density at radius 3 is 1.16 bits per heavy atom. The minimum atomic E-state index is -2.87. The minimum Gasteiger partial charge on any atom is -0.465 e. The Hall–Kier alpha value is -7.36. The lowest BCUT2D eigenvalue weighted by atomic mass is 9.85. The Morgan fingerprint density at radius 2 is 0.863 bits per heavy atom. The first-order chi connectivity index (χ1) is 37.8. The SMILES string of the molecule is CC[C@@H](C)[C@@H](OC(C)=O)[C@@H]1OC(OC[C@@H](OC(C)=O)[C@@H](OC(C)=O)[C@@H]2OC(OC[C@@H](OC(C)=O)[C@@H](OC(C)=O)[C@@H]3OC(OCN=[N+]=[N-])(C(=O)OC)C[C@H]4OC(=O)N[C@@H]34)(C(=O)OC)C[C@H]3OC(=O)N[C@@H]23)(C(=O)OC)CC2OC(=O)N[C@H]21. The minimum absolute atomic E-state index is 0.395. The largest absolute Gasteiger partial charge is 0.465 e. The molecule has 34 heteroatoms. The Kier molecular flexibility index (Phi) is 20.0. The van der Waals surface area contributed by atoms with E-state index in [1.54, 1.807) is 13.8 Å². The monoisotopic (exact) mass is 1150 g/mol. The average Bonchev–Trinajstić information content (AvgIpc) is 4.15. The van der Waals surface area contributed by atoms with Gasteiger partial charge >= 0.3 is 66.0 Å². The highest BCUT2D eigenvalue weighted by molar-refractivity contribution is 5.81. The number of carbonyl (C=O) groups is 11. The van der Waals surface area contributed by atoms with Crippen molar-refractivity contribution in [3.8, 4) is 0 Å². The molecular formula is C46H62N6O28. The van der Waals surface area contributed by atoms with Gasteiger partial charge in [-0.1, -0.05) is 19.0 Å². The van der Waals surface area contributed by atoms with Gasteiger partial charge < -0.3 is 96.5 Å². The quantitative estimate of drug-likeness (QED) is 0.0358. The second-order valence-electron chi connectivity index (χ2n) is 19.0. The third-order valence-electron chi connectivity index (χ3n) is 13.6. The molecule has 0 aromatic carbocycles. The van der Waals surface area contributed by atoms with Crippen molar-refractivity contribution in [1.82, 2.24) is 16.0 Å². The normalized spacial score (nSPS) is 32.2. The maximum atomic E-state index is 14.3. The van der Waals surface area contributed by atoms with Crippen LogP contribution in [0.2, 0.25) is 0 Å². The molecule has 0 aliphatic carbocycles. The van der Waals surface area contributed by atoms with E-state index >= 15 is 0 Å². The second kappa shape index (κ2) is 25.8. The molecule has 80 heavy (non-hydrogen) atoms. The summed E-state index contributed by atoms with van der Waals surface area (Å²) in [6, 6.07) is -3.83. The molecule has 0 radical (unpaired) electrons. The van der Waals surface area contributed by atoms with Gasteiger partial charge in [0.15, 0.2) is 24.4 Å². The molecule has 3 N–H and O–H groups in total. The Morgan fingerprint density at radius 1 is 0.550 bits per heavy atom. The Bertz CT molecular complexity index is 2460. The van der Waals surface area contributed by atoms with Gasteiger partial charge in [0.05, 0.1) is 71.9 Å². The van der Waals surface area contributed by atoms with Crippen molar-refractivity contribution in [3.63, 3.8) is 0 Å². The summed E-state index contributed by atoms with van der Waals surface area (Å²) in [7, 11) is 2.81. The predicted molar refractivity (Wildman–Crippen MR) is 249 cm³/mol. The van der Waals surface area contributed by atoms with E-state index in [1.165, 1.54) is 0 Å². The highest BCUT2D eigenvalue weighted by atomic mass is 16.8. The molecule has 6 aliphatic heterocycles. The lowest BCUT2D eigenvalue weighted by Crippen LogP contribution is -2.68. The van der Waals surface area contributed by atoms with E-state index in [0.29, 0.717) is 6.42 Å². The van der Waals surface area contributed by atoms with Crippen LogP contribution in [0.3, 0.4) is 0 Å². The van der Waals surface area contributed by atoms with Crippen LogP contribution in [0.5, 0.6) is 0 Å². The number of hydrogen-bond acceptors (Lipinski definition) is 29. The molecule has 0 spiro atoms.